The number of rotatable bonds is 0. The monoisotopic (exact) mass is 161 g/mol. The molecule has 2 unspecified atom stereocenters. The molecule has 1 aromatic rings. The van der Waals surface area contributed by atoms with Gasteiger partial charge in [0, 0.05) is 10.9 Å². The summed E-state index contributed by atoms with van der Waals surface area (Å²) in [4.78, 5) is 1.23. The number of fused-ring (bicyclic) bond motifs is 1. The van der Waals surface area contributed by atoms with Gasteiger partial charge in [0.2, 0.25) is 0 Å². The minimum atomic E-state index is 0.0104. The van der Waals surface area contributed by atoms with E-state index in [4.69, 9.17) is 13.6 Å². The molecule has 3 heteroatoms. The first-order valence-corrected chi connectivity index (χ1v) is 4.44. The van der Waals surface area contributed by atoms with Gasteiger partial charge in [-0.05, 0) is 16.8 Å². The molecule has 0 aliphatic carbocycles. The molecule has 0 bridgehead atoms. The molecule has 1 heterocycles. The molecule has 1 nitrogen and oxygen atoms in total. The molecular formula is C8H8BNS. The van der Waals surface area contributed by atoms with Crippen LogP contribution in [-0.4, -0.2) is 13.0 Å². The minimum Gasteiger partial charge on any atom is -0.324 e. The van der Waals surface area contributed by atoms with Crippen LogP contribution in [0.15, 0.2) is 29.2 Å². The van der Waals surface area contributed by atoms with Gasteiger partial charge in [-0.25, -0.2) is 0 Å². The molecule has 54 valence electrons. The summed E-state index contributed by atoms with van der Waals surface area (Å²) in [6, 6.07) is 8.12. The summed E-state index contributed by atoms with van der Waals surface area (Å²) in [7, 11) is 5.77. The van der Waals surface area contributed by atoms with E-state index in [2.05, 4.69) is 6.07 Å². The molecule has 1 aliphatic rings. The van der Waals surface area contributed by atoms with Crippen LogP contribution in [0.4, 0.5) is 0 Å². The van der Waals surface area contributed by atoms with Gasteiger partial charge in [0.05, 0.1) is 7.85 Å². The maximum atomic E-state index is 5.84. The van der Waals surface area contributed by atoms with Crippen molar-refractivity contribution in [3.05, 3.63) is 29.8 Å². The summed E-state index contributed by atoms with van der Waals surface area (Å²) in [6.07, 6.45) is 0. The van der Waals surface area contributed by atoms with E-state index in [1.54, 1.807) is 11.8 Å². The molecule has 11 heavy (non-hydrogen) atoms. The summed E-state index contributed by atoms with van der Waals surface area (Å²) in [5.74, 6) is 0. The smallest absolute Gasteiger partial charge is 0.0877 e. The molecule has 0 fully saturated rings. The Labute approximate surface area is 71.8 Å². The van der Waals surface area contributed by atoms with E-state index in [0.29, 0.717) is 0 Å². The third kappa shape index (κ3) is 1.08. The van der Waals surface area contributed by atoms with Crippen LogP contribution < -0.4 is 5.73 Å². The topological polar surface area (TPSA) is 26.0 Å². The zero-order chi connectivity index (χ0) is 7.84. The Balaban J connectivity index is 2.47. The Hall–Kier alpha value is -0.405. The average Bonchev–Trinajstić information content (AvgIpc) is 2.30. The molecule has 0 aromatic heterocycles. The average molecular weight is 161 g/mol. The maximum absolute atomic E-state index is 5.84. The van der Waals surface area contributed by atoms with Crippen LogP contribution in [0.5, 0.6) is 0 Å². The van der Waals surface area contributed by atoms with Crippen LogP contribution >= 0.6 is 11.8 Å². The van der Waals surface area contributed by atoms with E-state index < -0.39 is 0 Å². The number of hydrogen-bond donors (Lipinski definition) is 1. The zero-order valence-corrected chi connectivity index (χ0v) is 6.84. The summed E-state index contributed by atoms with van der Waals surface area (Å²) in [5.41, 5.74) is 7.03. The summed E-state index contributed by atoms with van der Waals surface area (Å²) >= 11 is 1.65. The number of benzene rings is 1. The normalized spacial score (nSPS) is 28.5. The molecule has 2 rings (SSSR count). The fourth-order valence-corrected chi connectivity index (χ4v) is 2.34. The van der Waals surface area contributed by atoms with Crippen molar-refractivity contribution in [2.45, 2.75) is 16.1 Å². The fraction of sp³-hybridized carbons (Fsp3) is 0.250. The van der Waals surface area contributed by atoms with Crippen molar-refractivity contribution >= 4 is 19.6 Å². The highest BCUT2D eigenvalue weighted by atomic mass is 32.2. The summed E-state index contributed by atoms with van der Waals surface area (Å²) in [5, 5.41) is 0.0346. The SMILES string of the molecule is [B]C1Sc2ccccc2C1N. The van der Waals surface area contributed by atoms with E-state index in [-0.39, 0.29) is 11.2 Å². The zero-order valence-electron chi connectivity index (χ0n) is 6.03. The van der Waals surface area contributed by atoms with Gasteiger partial charge in [0.25, 0.3) is 0 Å². The van der Waals surface area contributed by atoms with Crippen molar-refractivity contribution in [3.63, 3.8) is 0 Å². The van der Waals surface area contributed by atoms with Gasteiger partial charge < -0.3 is 5.73 Å². The van der Waals surface area contributed by atoms with Gasteiger partial charge in [-0.2, -0.15) is 0 Å². The first-order chi connectivity index (χ1) is 5.29. The molecule has 1 aliphatic heterocycles. The largest absolute Gasteiger partial charge is 0.324 e. The lowest BCUT2D eigenvalue weighted by Crippen LogP contribution is -2.18. The first-order valence-electron chi connectivity index (χ1n) is 3.56. The van der Waals surface area contributed by atoms with Gasteiger partial charge in [-0.15, -0.1) is 11.8 Å². The Morgan fingerprint density at radius 1 is 1.36 bits per heavy atom. The van der Waals surface area contributed by atoms with Gasteiger partial charge in [0.15, 0.2) is 0 Å². The highest BCUT2D eigenvalue weighted by Gasteiger charge is 2.25. The lowest BCUT2D eigenvalue weighted by atomic mass is 9.92. The quantitative estimate of drug-likeness (QED) is 0.580. The van der Waals surface area contributed by atoms with E-state index >= 15 is 0 Å². The third-order valence-electron chi connectivity index (χ3n) is 1.90. The molecule has 1 aromatic carbocycles. The van der Waals surface area contributed by atoms with Crippen LogP contribution in [0.2, 0.25) is 0 Å². The second-order valence-electron chi connectivity index (χ2n) is 2.65. The van der Waals surface area contributed by atoms with Gasteiger partial charge in [-0.1, -0.05) is 18.2 Å². The Kier molecular flexibility index (Phi) is 1.70. The Morgan fingerprint density at radius 2 is 2.09 bits per heavy atom. The van der Waals surface area contributed by atoms with Crippen molar-refractivity contribution in [3.8, 4) is 0 Å². The number of hydrogen-bond acceptors (Lipinski definition) is 2. The highest BCUT2D eigenvalue weighted by molar-refractivity contribution is 8.01. The van der Waals surface area contributed by atoms with Crippen LogP contribution in [0, 0.1) is 0 Å². The third-order valence-corrected chi connectivity index (χ3v) is 3.09. The molecule has 0 spiro atoms. The second kappa shape index (κ2) is 2.57. The molecule has 2 radical (unpaired) electrons. The van der Waals surface area contributed by atoms with Gasteiger partial charge >= 0.3 is 0 Å². The Morgan fingerprint density at radius 3 is 2.82 bits per heavy atom. The number of nitrogens with two attached hydrogens (primary N) is 1. The minimum absolute atomic E-state index is 0.0104. The van der Waals surface area contributed by atoms with Crippen LogP contribution in [0.1, 0.15) is 11.6 Å². The molecule has 0 amide bonds. The predicted octanol–water partition coefficient (Wildman–Crippen LogP) is 1.29. The van der Waals surface area contributed by atoms with E-state index in [1.165, 1.54) is 10.5 Å². The molecule has 0 saturated carbocycles. The van der Waals surface area contributed by atoms with E-state index in [1.807, 2.05) is 18.2 Å². The summed E-state index contributed by atoms with van der Waals surface area (Å²) in [6.45, 7) is 0. The lowest BCUT2D eigenvalue weighted by Gasteiger charge is -2.07. The lowest BCUT2D eigenvalue weighted by molar-refractivity contribution is 0.799. The van der Waals surface area contributed by atoms with Crippen molar-refractivity contribution in [2.75, 3.05) is 0 Å². The van der Waals surface area contributed by atoms with Gasteiger partial charge in [0.1, 0.15) is 0 Å². The summed E-state index contributed by atoms with van der Waals surface area (Å²) < 4.78 is 0. The van der Waals surface area contributed by atoms with Gasteiger partial charge in [-0.3, -0.25) is 0 Å². The second-order valence-corrected chi connectivity index (χ2v) is 3.87. The van der Waals surface area contributed by atoms with Crippen molar-refractivity contribution < 1.29 is 0 Å². The maximum Gasteiger partial charge on any atom is 0.0877 e. The van der Waals surface area contributed by atoms with Crippen LogP contribution in [-0.2, 0) is 0 Å². The van der Waals surface area contributed by atoms with E-state index in [9.17, 15) is 0 Å². The molecule has 2 atom stereocenters. The first kappa shape index (κ1) is 7.26. The fourth-order valence-electron chi connectivity index (χ4n) is 1.26. The standard InChI is InChI=1S/C8H8BNS/c9-8-7(10)5-3-1-2-4-6(5)11-8/h1-4,7-8H,10H2. The Bertz CT molecular complexity index is 277. The number of thioether (sulfide) groups is 1. The van der Waals surface area contributed by atoms with Crippen LogP contribution in [0.3, 0.4) is 0 Å². The van der Waals surface area contributed by atoms with Crippen molar-refractivity contribution in [1.29, 1.82) is 0 Å². The predicted molar refractivity (Wildman–Crippen MR) is 48.8 cm³/mol. The highest BCUT2D eigenvalue weighted by Crippen LogP contribution is 2.40. The van der Waals surface area contributed by atoms with Crippen molar-refractivity contribution in [2.24, 2.45) is 5.73 Å². The van der Waals surface area contributed by atoms with Crippen LogP contribution in [0.25, 0.3) is 0 Å². The van der Waals surface area contributed by atoms with Crippen molar-refractivity contribution in [1.82, 2.24) is 0 Å². The molecule has 0 saturated heterocycles. The van der Waals surface area contributed by atoms with E-state index in [0.717, 1.165) is 0 Å². The molecule has 2 N–H and O–H groups in total. The molecular weight excluding hydrogens is 153 g/mol.